The van der Waals surface area contributed by atoms with E-state index in [1.165, 1.54) is 0 Å². The Kier molecular flexibility index (Phi) is 4.52. The van der Waals surface area contributed by atoms with Crippen molar-refractivity contribution in [1.29, 1.82) is 0 Å². The first-order valence-electron chi connectivity index (χ1n) is 6.52. The second kappa shape index (κ2) is 5.53. The van der Waals surface area contributed by atoms with Crippen LogP contribution in [0.25, 0.3) is 0 Å². The second-order valence-corrected chi connectivity index (χ2v) is 5.29. The predicted molar refractivity (Wildman–Crippen MR) is 75.1 cm³/mol. The third-order valence-corrected chi connectivity index (χ3v) is 3.82. The summed E-state index contributed by atoms with van der Waals surface area (Å²) in [7, 11) is 0. The summed E-state index contributed by atoms with van der Waals surface area (Å²) in [5, 5.41) is 3.07. The molecular weight excluding hydrogens is 224 g/mol. The van der Waals surface area contributed by atoms with Crippen LogP contribution in [-0.4, -0.2) is 11.4 Å². The summed E-state index contributed by atoms with van der Waals surface area (Å²) in [5.41, 5.74) is 5.84. The monoisotopic (exact) mass is 248 g/mol. The van der Waals surface area contributed by atoms with E-state index in [0.29, 0.717) is 0 Å². The van der Waals surface area contributed by atoms with Gasteiger partial charge in [-0.1, -0.05) is 44.2 Å². The molecule has 100 valence electrons. The van der Waals surface area contributed by atoms with E-state index >= 15 is 0 Å². The summed E-state index contributed by atoms with van der Waals surface area (Å²) in [6, 6.07) is 9.47. The molecule has 0 aromatic heterocycles. The van der Waals surface area contributed by atoms with Crippen LogP contribution in [0.1, 0.15) is 46.1 Å². The van der Waals surface area contributed by atoms with Crippen LogP contribution in [0.5, 0.6) is 0 Å². The molecule has 3 heteroatoms. The van der Waals surface area contributed by atoms with Crippen molar-refractivity contribution in [2.24, 2.45) is 5.73 Å². The molecule has 0 aliphatic rings. The number of rotatable bonds is 5. The van der Waals surface area contributed by atoms with E-state index in [4.69, 9.17) is 5.73 Å². The summed E-state index contributed by atoms with van der Waals surface area (Å²) in [6.07, 6.45) is 1.78. The van der Waals surface area contributed by atoms with Gasteiger partial charge in [-0.3, -0.25) is 4.79 Å². The van der Waals surface area contributed by atoms with Crippen molar-refractivity contribution in [1.82, 2.24) is 5.32 Å². The molecule has 3 N–H and O–H groups in total. The first kappa shape index (κ1) is 14.7. The lowest BCUT2D eigenvalue weighted by atomic mass is 9.89. The van der Waals surface area contributed by atoms with Crippen molar-refractivity contribution in [3.8, 4) is 0 Å². The zero-order valence-electron chi connectivity index (χ0n) is 11.8. The summed E-state index contributed by atoms with van der Waals surface area (Å²) < 4.78 is 0. The van der Waals surface area contributed by atoms with E-state index < -0.39 is 5.54 Å². The second-order valence-electron chi connectivity index (χ2n) is 5.29. The van der Waals surface area contributed by atoms with E-state index in [9.17, 15) is 4.79 Å². The number of hydrogen-bond acceptors (Lipinski definition) is 2. The quantitative estimate of drug-likeness (QED) is 0.841. The molecule has 1 unspecified atom stereocenters. The van der Waals surface area contributed by atoms with Gasteiger partial charge in [-0.25, -0.2) is 0 Å². The van der Waals surface area contributed by atoms with Crippen LogP contribution in [0.4, 0.5) is 0 Å². The number of carbonyl (C=O) groups excluding carboxylic acids is 1. The van der Waals surface area contributed by atoms with Crippen LogP contribution in [0.3, 0.4) is 0 Å². The molecular formula is C15H24N2O. The van der Waals surface area contributed by atoms with Crippen molar-refractivity contribution in [3.63, 3.8) is 0 Å². The van der Waals surface area contributed by atoms with Crippen LogP contribution < -0.4 is 11.1 Å². The van der Waals surface area contributed by atoms with Gasteiger partial charge < -0.3 is 11.1 Å². The summed E-state index contributed by atoms with van der Waals surface area (Å²) >= 11 is 0. The van der Waals surface area contributed by atoms with Gasteiger partial charge in [0.1, 0.15) is 5.54 Å². The minimum atomic E-state index is -0.993. The molecule has 0 saturated carbocycles. The molecule has 0 fully saturated rings. The SMILES string of the molecule is CCC(C)(CC)NC(=O)C(C)(N)c1ccccc1. The van der Waals surface area contributed by atoms with Crippen LogP contribution >= 0.6 is 0 Å². The molecule has 0 aliphatic carbocycles. The molecule has 0 bridgehead atoms. The van der Waals surface area contributed by atoms with Gasteiger partial charge in [0.2, 0.25) is 5.91 Å². The molecule has 0 spiro atoms. The number of carbonyl (C=O) groups is 1. The minimum Gasteiger partial charge on any atom is -0.349 e. The molecule has 0 heterocycles. The molecule has 1 aromatic rings. The van der Waals surface area contributed by atoms with Crippen LogP contribution in [-0.2, 0) is 10.3 Å². The summed E-state index contributed by atoms with van der Waals surface area (Å²) in [5.74, 6) is -0.125. The molecule has 18 heavy (non-hydrogen) atoms. The molecule has 0 radical (unpaired) electrons. The fourth-order valence-corrected chi connectivity index (χ4v) is 1.75. The van der Waals surface area contributed by atoms with Crippen molar-refractivity contribution in [3.05, 3.63) is 35.9 Å². The number of hydrogen-bond donors (Lipinski definition) is 2. The van der Waals surface area contributed by atoms with E-state index in [2.05, 4.69) is 19.2 Å². The Balaban J connectivity index is 2.90. The van der Waals surface area contributed by atoms with Gasteiger partial charge >= 0.3 is 0 Å². The van der Waals surface area contributed by atoms with Crippen molar-refractivity contribution in [2.75, 3.05) is 0 Å². The first-order valence-corrected chi connectivity index (χ1v) is 6.52. The minimum absolute atomic E-state index is 0.125. The van der Waals surface area contributed by atoms with E-state index in [-0.39, 0.29) is 11.4 Å². The lowest BCUT2D eigenvalue weighted by Crippen LogP contribution is -2.56. The van der Waals surface area contributed by atoms with Crippen LogP contribution in [0.15, 0.2) is 30.3 Å². The van der Waals surface area contributed by atoms with E-state index in [1.807, 2.05) is 37.3 Å². The van der Waals surface area contributed by atoms with Gasteiger partial charge in [0.25, 0.3) is 0 Å². The number of benzene rings is 1. The molecule has 1 rings (SSSR count). The van der Waals surface area contributed by atoms with Crippen molar-refractivity contribution in [2.45, 2.75) is 51.6 Å². The number of nitrogens with two attached hydrogens (primary N) is 1. The lowest BCUT2D eigenvalue weighted by Gasteiger charge is -2.33. The van der Waals surface area contributed by atoms with Crippen molar-refractivity contribution >= 4 is 5.91 Å². The van der Waals surface area contributed by atoms with Gasteiger partial charge in [0, 0.05) is 5.54 Å². The average Bonchev–Trinajstić information content (AvgIpc) is 2.39. The topological polar surface area (TPSA) is 55.1 Å². The lowest BCUT2D eigenvalue weighted by molar-refractivity contribution is -0.128. The molecule has 1 amide bonds. The smallest absolute Gasteiger partial charge is 0.244 e. The van der Waals surface area contributed by atoms with Gasteiger partial charge in [0.05, 0.1) is 0 Å². The first-order chi connectivity index (χ1) is 8.35. The average molecular weight is 248 g/mol. The van der Waals surface area contributed by atoms with Crippen molar-refractivity contribution < 1.29 is 4.79 Å². The Bertz CT molecular complexity index is 394. The maximum Gasteiger partial charge on any atom is 0.244 e. The highest BCUT2D eigenvalue weighted by Crippen LogP contribution is 2.21. The molecule has 0 aliphatic heterocycles. The molecule has 3 nitrogen and oxygen atoms in total. The third-order valence-electron chi connectivity index (χ3n) is 3.82. The van der Waals surface area contributed by atoms with Gasteiger partial charge in [-0.15, -0.1) is 0 Å². The third kappa shape index (κ3) is 3.10. The number of amides is 1. The molecule has 0 saturated heterocycles. The fraction of sp³-hybridized carbons (Fsp3) is 0.533. The highest BCUT2D eigenvalue weighted by molar-refractivity contribution is 5.87. The normalized spacial score (nSPS) is 14.9. The fourth-order valence-electron chi connectivity index (χ4n) is 1.75. The number of nitrogens with one attached hydrogen (secondary N) is 1. The summed E-state index contributed by atoms with van der Waals surface area (Å²) in [4.78, 5) is 12.4. The van der Waals surface area contributed by atoms with E-state index in [1.54, 1.807) is 6.92 Å². The Morgan fingerprint density at radius 1 is 1.17 bits per heavy atom. The highest BCUT2D eigenvalue weighted by Gasteiger charge is 2.34. The zero-order chi connectivity index (χ0) is 13.8. The zero-order valence-corrected chi connectivity index (χ0v) is 11.8. The maximum atomic E-state index is 12.4. The Hall–Kier alpha value is -1.35. The molecule has 1 aromatic carbocycles. The van der Waals surface area contributed by atoms with Crippen LogP contribution in [0, 0.1) is 0 Å². The Labute approximate surface area is 110 Å². The largest absolute Gasteiger partial charge is 0.349 e. The highest BCUT2D eigenvalue weighted by atomic mass is 16.2. The predicted octanol–water partition coefficient (Wildman–Crippen LogP) is 2.56. The Morgan fingerprint density at radius 2 is 1.67 bits per heavy atom. The molecule has 1 atom stereocenters. The van der Waals surface area contributed by atoms with E-state index in [0.717, 1.165) is 18.4 Å². The maximum absolute atomic E-state index is 12.4. The van der Waals surface area contributed by atoms with Gasteiger partial charge in [-0.2, -0.15) is 0 Å². The summed E-state index contributed by atoms with van der Waals surface area (Å²) in [6.45, 7) is 7.94. The Morgan fingerprint density at radius 3 is 2.11 bits per heavy atom. The standard InChI is InChI=1S/C15H24N2O/c1-5-14(3,6-2)17-13(18)15(4,16)12-10-8-7-9-11-12/h7-11H,5-6,16H2,1-4H3,(H,17,18). The van der Waals surface area contributed by atoms with Crippen LogP contribution in [0.2, 0.25) is 0 Å². The van der Waals surface area contributed by atoms with Gasteiger partial charge in [0.15, 0.2) is 0 Å². The van der Waals surface area contributed by atoms with Gasteiger partial charge in [-0.05, 0) is 32.3 Å².